The second-order valence-electron chi connectivity index (χ2n) is 4.69. The Kier molecular flexibility index (Phi) is 26.6. The highest BCUT2D eigenvalue weighted by molar-refractivity contribution is 8.27. The predicted octanol–water partition coefficient (Wildman–Crippen LogP) is 2.13. The molecule has 0 aliphatic heterocycles. The summed E-state index contributed by atoms with van der Waals surface area (Å²) in [5, 5.41) is 22.9. The van der Waals surface area contributed by atoms with Gasteiger partial charge in [0, 0.05) is 5.08 Å². The fraction of sp³-hybridized carbons (Fsp3) is 0.714. The van der Waals surface area contributed by atoms with Crippen molar-refractivity contribution in [2.45, 2.75) is 0 Å². The highest BCUT2D eigenvalue weighted by Gasteiger charge is 2.03. The lowest BCUT2D eigenvalue weighted by atomic mass is 11.1. The van der Waals surface area contributed by atoms with Gasteiger partial charge in [-0.05, 0) is 0 Å². The normalized spacial score (nSPS) is 12.2. The monoisotopic (exact) mass is 602 g/mol. The summed E-state index contributed by atoms with van der Waals surface area (Å²) in [4.78, 5) is 40.1. The van der Waals surface area contributed by atoms with E-state index in [-0.39, 0.29) is 29.0 Å². The first-order valence-corrected chi connectivity index (χ1v) is 16.8. The summed E-state index contributed by atoms with van der Waals surface area (Å²) in [6.07, 6.45) is 0.570. The lowest BCUT2D eigenvalue weighted by Gasteiger charge is -2.04. The number of nitrogens with zero attached hydrogens (tertiary/aromatic N) is 2. The molecule has 0 bridgehead atoms. The Bertz CT molecular complexity index is 592. The van der Waals surface area contributed by atoms with Crippen molar-refractivity contribution in [3.05, 3.63) is 0 Å². The van der Waals surface area contributed by atoms with Crippen molar-refractivity contribution in [2.75, 3.05) is 57.4 Å². The molecule has 0 aliphatic carbocycles. The topological polar surface area (TPSA) is 168 Å². The van der Waals surface area contributed by atoms with Crippen LogP contribution in [0.1, 0.15) is 0 Å². The molecule has 0 radical (unpaired) electrons. The quantitative estimate of drug-likeness (QED) is 0.0376. The van der Waals surface area contributed by atoms with Crippen molar-refractivity contribution in [3.8, 4) is 0 Å². The zero-order chi connectivity index (χ0) is 24.4. The highest BCUT2D eigenvalue weighted by Crippen LogP contribution is 2.14. The molecular formula is C14H26N4O8S7. The van der Waals surface area contributed by atoms with Gasteiger partial charge in [-0.1, -0.05) is 23.5 Å². The lowest BCUT2D eigenvalue weighted by molar-refractivity contribution is -0.196. The van der Waals surface area contributed by atoms with Crippen molar-refractivity contribution in [2.24, 2.45) is 9.98 Å². The molecule has 0 aromatic carbocycles. The number of aliphatic imine (C=N–C) groups is 2. The first kappa shape index (κ1) is 33.0. The van der Waals surface area contributed by atoms with Crippen LogP contribution in [0.25, 0.3) is 0 Å². The van der Waals surface area contributed by atoms with Gasteiger partial charge in [0.05, 0.1) is 56.8 Å². The SMILES string of the molecule is O=C(NCSCN=CS(=O)CSCSC(=O)NCSCN=COOCSCO)OCSCO. The van der Waals surface area contributed by atoms with E-state index in [0.717, 1.165) is 41.7 Å². The smallest absolute Gasteiger partial charge is 0.408 e. The molecule has 33 heavy (non-hydrogen) atoms. The first-order valence-electron chi connectivity index (χ1n) is 8.65. The number of amides is 2. The summed E-state index contributed by atoms with van der Waals surface area (Å²) in [7, 11) is -1.25. The molecule has 0 aliphatic rings. The second-order valence-corrected chi connectivity index (χ2v) is 12.3. The molecule has 2 amide bonds. The fourth-order valence-corrected chi connectivity index (χ4v) is 5.79. The number of rotatable bonds is 21. The Morgan fingerprint density at radius 3 is 2.39 bits per heavy atom. The van der Waals surface area contributed by atoms with Crippen LogP contribution in [-0.4, -0.2) is 95.1 Å². The number of carbonyl (C=O) groups is 2. The molecule has 0 aromatic rings. The van der Waals surface area contributed by atoms with E-state index < -0.39 is 16.9 Å². The fourth-order valence-electron chi connectivity index (χ4n) is 1.20. The maximum Gasteiger partial charge on any atom is 0.408 e. The number of aliphatic hydroxyl groups excluding tert-OH is 2. The van der Waals surface area contributed by atoms with Crippen molar-refractivity contribution < 1.29 is 38.5 Å². The Morgan fingerprint density at radius 2 is 1.64 bits per heavy atom. The average Bonchev–Trinajstić information content (AvgIpc) is 2.80. The summed E-state index contributed by atoms with van der Waals surface area (Å²) in [6.45, 7) is 0. The molecule has 19 heteroatoms. The van der Waals surface area contributed by atoms with E-state index in [4.69, 9.17) is 14.9 Å². The van der Waals surface area contributed by atoms with E-state index >= 15 is 0 Å². The summed E-state index contributed by atoms with van der Waals surface area (Å²) < 4.78 is 16.6. The summed E-state index contributed by atoms with van der Waals surface area (Å²) >= 11 is 7.35. The van der Waals surface area contributed by atoms with Crippen LogP contribution in [0.2, 0.25) is 0 Å². The van der Waals surface area contributed by atoms with Gasteiger partial charge in [-0.15, -0.1) is 47.0 Å². The van der Waals surface area contributed by atoms with Gasteiger partial charge in [0.15, 0.2) is 0 Å². The second kappa shape index (κ2) is 26.6. The van der Waals surface area contributed by atoms with Crippen LogP contribution in [-0.2, 0) is 25.3 Å². The predicted molar refractivity (Wildman–Crippen MR) is 144 cm³/mol. The van der Waals surface area contributed by atoms with Crippen LogP contribution in [0.3, 0.4) is 0 Å². The van der Waals surface area contributed by atoms with Crippen LogP contribution in [0.5, 0.6) is 0 Å². The molecule has 0 saturated heterocycles. The van der Waals surface area contributed by atoms with Gasteiger partial charge in [0.2, 0.25) is 6.40 Å². The number of hydrogen-bond acceptors (Lipinski definition) is 16. The maximum atomic E-state index is 11.8. The molecule has 1 atom stereocenters. The number of aliphatic hydroxyl groups is 2. The van der Waals surface area contributed by atoms with Crippen molar-refractivity contribution in [3.63, 3.8) is 0 Å². The minimum absolute atomic E-state index is 0.0498. The van der Waals surface area contributed by atoms with Crippen LogP contribution < -0.4 is 10.6 Å². The lowest BCUT2D eigenvalue weighted by Crippen LogP contribution is -2.23. The molecule has 0 fully saturated rings. The van der Waals surface area contributed by atoms with E-state index in [1.807, 2.05) is 0 Å². The number of thioether (sulfide) groups is 6. The molecule has 0 heterocycles. The van der Waals surface area contributed by atoms with Crippen molar-refractivity contribution in [1.82, 2.24) is 10.6 Å². The van der Waals surface area contributed by atoms with Gasteiger partial charge >= 0.3 is 6.09 Å². The van der Waals surface area contributed by atoms with Crippen LogP contribution in [0, 0.1) is 0 Å². The average molecular weight is 603 g/mol. The number of ether oxygens (including phenoxy) is 1. The van der Waals surface area contributed by atoms with Crippen molar-refractivity contribution in [1.29, 1.82) is 0 Å². The van der Waals surface area contributed by atoms with E-state index in [2.05, 4.69) is 30.4 Å². The third-order valence-corrected chi connectivity index (χ3v) is 8.20. The van der Waals surface area contributed by atoms with E-state index in [9.17, 15) is 13.8 Å². The highest BCUT2D eigenvalue weighted by atomic mass is 32.2. The standard InChI is InChI=1S/C14H26N4O8S7/c19-7-29-9-24-13(21)17-4-28-3-16-6-33(23)12-31-11-32-14(22)18-5-27-2-15-1-25-26-10-30-8-20/h1,6,19-20H,2-5,7-12H2,(H,17,21)(H,18,22). The third-order valence-electron chi connectivity index (χ3n) is 2.41. The van der Waals surface area contributed by atoms with Gasteiger partial charge in [-0.3, -0.25) is 14.0 Å². The Hall–Kier alpha value is 0.01000. The zero-order valence-corrected chi connectivity index (χ0v) is 23.0. The third kappa shape index (κ3) is 26.5. The number of alkyl carbamates (subject to hydrolysis) is 1. The molecule has 1 unspecified atom stereocenters. The first-order chi connectivity index (χ1) is 16.1. The maximum absolute atomic E-state index is 11.8. The van der Waals surface area contributed by atoms with Crippen LogP contribution >= 0.6 is 70.6 Å². The Labute approximate surface area is 220 Å². The summed E-state index contributed by atoms with van der Waals surface area (Å²) in [5.41, 5.74) is 1.35. The molecule has 0 spiro atoms. The molecule has 4 N–H and O–H groups in total. The van der Waals surface area contributed by atoms with Crippen LogP contribution in [0.4, 0.5) is 9.59 Å². The van der Waals surface area contributed by atoms with Gasteiger partial charge < -0.3 is 30.5 Å². The number of nitrogens with one attached hydrogen (secondary N) is 2. The Balaban J connectivity index is 3.51. The van der Waals surface area contributed by atoms with Crippen molar-refractivity contribution >= 4 is 105 Å². The zero-order valence-electron chi connectivity index (χ0n) is 17.3. The van der Waals surface area contributed by atoms with Crippen LogP contribution in [0.15, 0.2) is 9.98 Å². The van der Waals surface area contributed by atoms with Gasteiger partial charge in [0.1, 0.15) is 11.9 Å². The van der Waals surface area contributed by atoms with E-state index in [0.29, 0.717) is 33.7 Å². The molecule has 0 rings (SSSR count). The molecule has 0 aromatic heterocycles. The largest absolute Gasteiger partial charge is 0.438 e. The summed E-state index contributed by atoms with van der Waals surface area (Å²) in [5.74, 6) is 1.52. The van der Waals surface area contributed by atoms with E-state index in [1.54, 1.807) is 0 Å². The molecule has 192 valence electrons. The Morgan fingerprint density at radius 1 is 0.939 bits per heavy atom. The summed E-state index contributed by atoms with van der Waals surface area (Å²) in [6, 6.07) is 0. The van der Waals surface area contributed by atoms with Gasteiger partial charge in [-0.25, -0.2) is 9.79 Å². The van der Waals surface area contributed by atoms with E-state index in [1.165, 1.54) is 40.8 Å². The van der Waals surface area contributed by atoms with Gasteiger partial charge in [0.25, 0.3) is 5.24 Å². The van der Waals surface area contributed by atoms with Gasteiger partial charge in [-0.2, -0.15) is 4.89 Å². The minimum atomic E-state index is -1.25. The minimum Gasteiger partial charge on any atom is -0.438 e. The number of hydrogen-bond donors (Lipinski definition) is 4. The molecular weight excluding hydrogens is 577 g/mol. The molecule has 0 saturated carbocycles. The molecule has 12 nitrogen and oxygen atoms in total. The number of carbonyl (C=O) groups excluding carboxylic acids is 2.